The van der Waals surface area contributed by atoms with Gasteiger partial charge in [0.1, 0.15) is 0 Å². The lowest BCUT2D eigenvalue weighted by Gasteiger charge is -1.97. The summed E-state index contributed by atoms with van der Waals surface area (Å²) in [6.07, 6.45) is 1.77. The number of fused-ring (bicyclic) bond motifs is 1. The molecule has 1 radical (unpaired) electrons. The van der Waals surface area contributed by atoms with E-state index < -0.39 is 0 Å². The zero-order valence-corrected chi connectivity index (χ0v) is 6.74. The smallest absolute Gasteiger partial charge is 0.180 e. The molecule has 12 heavy (non-hydrogen) atoms. The predicted molar refractivity (Wildman–Crippen MR) is 46.6 cm³/mol. The summed E-state index contributed by atoms with van der Waals surface area (Å²) in [7, 11) is 0. The molecule has 0 aliphatic heterocycles. The van der Waals surface area contributed by atoms with Gasteiger partial charge in [-0.1, -0.05) is 0 Å². The van der Waals surface area contributed by atoms with E-state index in [1.165, 1.54) is 0 Å². The van der Waals surface area contributed by atoms with Crippen molar-refractivity contribution >= 4 is 10.9 Å². The standard InChI is InChI=1S/C10H8NO/c1-7-4-8-2-3-9(12)5-10(8)11-6-7/h2-6H,1H3. The summed E-state index contributed by atoms with van der Waals surface area (Å²) < 4.78 is 0. The minimum atomic E-state index is 0.0128. The molecular weight excluding hydrogens is 150 g/mol. The van der Waals surface area contributed by atoms with E-state index in [9.17, 15) is 5.11 Å². The molecule has 2 aromatic rings. The Morgan fingerprint density at radius 1 is 1.25 bits per heavy atom. The summed E-state index contributed by atoms with van der Waals surface area (Å²) in [5.74, 6) is 0.0128. The lowest BCUT2D eigenvalue weighted by Crippen LogP contribution is -1.79. The molecule has 1 aromatic heterocycles. The molecule has 0 saturated heterocycles. The van der Waals surface area contributed by atoms with Gasteiger partial charge in [0.25, 0.3) is 0 Å². The molecule has 0 amide bonds. The van der Waals surface area contributed by atoms with Crippen molar-refractivity contribution in [2.24, 2.45) is 0 Å². The van der Waals surface area contributed by atoms with E-state index in [4.69, 9.17) is 0 Å². The predicted octanol–water partition coefficient (Wildman–Crippen LogP) is 2.69. The van der Waals surface area contributed by atoms with Crippen LogP contribution in [0.1, 0.15) is 5.56 Å². The van der Waals surface area contributed by atoms with Gasteiger partial charge in [-0.15, -0.1) is 0 Å². The maximum atomic E-state index is 10.9. The minimum Gasteiger partial charge on any atom is -0.290 e. The SMILES string of the molecule is Cc1cnc2cc([O])ccc2c1. The Bertz CT molecular complexity index is 382. The highest BCUT2D eigenvalue weighted by Crippen LogP contribution is 2.18. The van der Waals surface area contributed by atoms with Gasteiger partial charge in [-0.05, 0) is 30.7 Å². The Morgan fingerprint density at radius 2 is 2.08 bits per heavy atom. The first-order chi connectivity index (χ1) is 5.75. The van der Waals surface area contributed by atoms with Crippen molar-refractivity contribution in [2.45, 2.75) is 6.92 Å². The Balaban J connectivity index is 2.79. The number of aromatic nitrogens is 1. The molecule has 2 rings (SSSR count). The number of pyridine rings is 1. The topological polar surface area (TPSA) is 32.8 Å². The first-order valence-corrected chi connectivity index (χ1v) is 3.79. The van der Waals surface area contributed by atoms with Gasteiger partial charge in [-0.2, -0.15) is 0 Å². The largest absolute Gasteiger partial charge is 0.290 e. The molecule has 1 aromatic carbocycles. The summed E-state index contributed by atoms with van der Waals surface area (Å²) in [4.78, 5) is 4.14. The molecule has 0 unspecified atom stereocenters. The molecule has 0 N–H and O–H groups in total. The lowest BCUT2D eigenvalue weighted by atomic mass is 10.2. The van der Waals surface area contributed by atoms with Gasteiger partial charge in [-0.25, -0.2) is 0 Å². The van der Waals surface area contributed by atoms with Gasteiger partial charge in [0.2, 0.25) is 0 Å². The Labute approximate surface area is 70.5 Å². The summed E-state index contributed by atoms with van der Waals surface area (Å²) in [6.45, 7) is 1.98. The van der Waals surface area contributed by atoms with E-state index >= 15 is 0 Å². The van der Waals surface area contributed by atoms with Gasteiger partial charge >= 0.3 is 0 Å². The highest BCUT2D eigenvalue weighted by Gasteiger charge is 1.96. The third kappa shape index (κ3) is 1.11. The van der Waals surface area contributed by atoms with Crippen molar-refractivity contribution in [3.63, 3.8) is 0 Å². The highest BCUT2D eigenvalue weighted by atomic mass is 16.3. The Kier molecular flexibility index (Phi) is 1.47. The number of nitrogens with zero attached hydrogens (tertiary/aromatic N) is 1. The fourth-order valence-corrected chi connectivity index (χ4v) is 1.21. The van der Waals surface area contributed by atoms with Crippen molar-refractivity contribution in [1.82, 2.24) is 4.98 Å². The quantitative estimate of drug-likeness (QED) is 0.580. The van der Waals surface area contributed by atoms with Crippen LogP contribution in [0, 0.1) is 6.92 Å². The summed E-state index contributed by atoms with van der Waals surface area (Å²) in [5.41, 5.74) is 1.88. The van der Waals surface area contributed by atoms with Crippen LogP contribution in [0.25, 0.3) is 10.9 Å². The second kappa shape index (κ2) is 2.48. The molecule has 0 aliphatic rings. The fraction of sp³-hybridized carbons (Fsp3) is 0.100. The van der Waals surface area contributed by atoms with Crippen molar-refractivity contribution in [2.75, 3.05) is 0 Å². The molecular formula is C10H8NO. The Hall–Kier alpha value is -1.57. The van der Waals surface area contributed by atoms with E-state index in [0.717, 1.165) is 16.5 Å². The van der Waals surface area contributed by atoms with Gasteiger partial charge < -0.3 is 0 Å². The van der Waals surface area contributed by atoms with E-state index in [1.807, 2.05) is 13.0 Å². The number of hydrogen-bond donors (Lipinski definition) is 0. The third-order valence-electron chi connectivity index (χ3n) is 1.79. The molecule has 0 aliphatic carbocycles. The van der Waals surface area contributed by atoms with Crippen molar-refractivity contribution in [1.29, 1.82) is 0 Å². The number of hydrogen-bond acceptors (Lipinski definition) is 1. The molecule has 0 atom stereocenters. The van der Waals surface area contributed by atoms with E-state index in [0.29, 0.717) is 0 Å². The molecule has 0 fully saturated rings. The zero-order valence-electron chi connectivity index (χ0n) is 6.74. The second-order valence-electron chi connectivity index (χ2n) is 2.87. The van der Waals surface area contributed by atoms with Crippen molar-refractivity contribution in [3.05, 3.63) is 36.0 Å². The monoisotopic (exact) mass is 158 g/mol. The molecule has 2 nitrogen and oxygen atoms in total. The van der Waals surface area contributed by atoms with Gasteiger partial charge in [0.05, 0.1) is 5.52 Å². The number of rotatable bonds is 0. The van der Waals surface area contributed by atoms with Crippen LogP contribution in [0.3, 0.4) is 0 Å². The molecule has 0 saturated carbocycles. The van der Waals surface area contributed by atoms with Crippen LogP contribution in [0.15, 0.2) is 30.5 Å². The fourth-order valence-electron chi connectivity index (χ4n) is 1.21. The molecule has 1 heterocycles. The Morgan fingerprint density at radius 3 is 2.92 bits per heavy atom. The van der Waals surface area contributed by atoms with Crippen LogP contribution in [0.4, 0.5) is 0 Å². The summed E-state index contributed by atoms with van der Waals surface area (Å²) >= 11 is 0. The van der Waals surface area contributed by atoms with Crippen LogP contribution in [-0.2, 0) is 5.11 Å². The normalized spacial score (nSPS) is 10.4. The van der Waals surface area contributed by atoms with E-state index in [2.05, 4.69) is 4.98 Å². The average Bonchev–Trinajstić information content (AvgIpc) is 2.05. The lowest BCUT2D eigenvalue weighted by molar-refractivity contribution is 0.355. The molecule has 2 heteroatoms. The van der Waals surface area contributed by atoms with Gasteiger partial charge in [-0.3, -0.25) is 10.1 Å². The maximum Gasteiger partial charge on any atom is 0.180 e. The zero-order chi connectivity index (χ0) is 8.55. The first kappa shape index (κ1) is 7.10. The second-order valence-corrected chi connectivity index (χ2v) is 2.87. The molecule has 0 bridgehead atoms. The van der Waals surface area contributed by atoms with Crippen LogP contribution in [0.5, 0.6) is 5.75 Å². The van der Waals surface area contributed by atoms with Crippen molar-refractivity contribution in [3.8, 4) is 5.75 Å². The first-order valence-electron chi connectivity index (χ1n) is 3.79. The van der Waals surface area contributed by atoms with Crippen LogP contribution in [-0.4, -0.2) is 4.98 Å². The van der Waals surface area contributed by atoms with Crippen LogP contribution >= 0.6 is 0 Å². The third-order valence-corrected chi connectivity index (χ3v) is 1.79. The molecule has 59 valence electrons. The maximum absolute atomic E-state index is 10.9. The van der Waals surface area contributed by atoms with Gasteiger partial charge in [0.15, 0.2) is 5.75 Å². The van der Waals surface area contributed by atoms with Crippen LogP contribution < -0.4 is 0 Å². The van der Waals surface area contributed by atoms with Crippen molar-refractivity contribution < 1.29 is 5.11 Å². The highest BCUT2D eigenvalue weighted by molar-refractivity contribution is 5.80. The minimum absolute atomic E-state index is 0.0128. The summed E-state index contributed by atoms with van der Waals surface area (Å²) in [5, 5.41) is 12.0. The molecule has 0 spiro atoms. The van der Waals surface area contributed by atoms with Crippen LogP contribution in [0.2, 0.25) is 0 Å². The number of aryl methyl sites for hydroxylation is 1. The average molecular weight is 158 g/mol. The van der Waals surface area contributed by atoms with E-state index in [1.54, 1.807) is 24.4 Å². The van der Waals surface area contributed by atoms with Gasteiger partial charge in [0, 0.05) is 17.6 Å². The number of benzene rings is 1. The summed E-state index contributed by atoms with van der Waals surface area (Å²) in [6, 6.07) is 6.93. The van der Waals surface area contributed by atoms with E-state index in [-0.39, 0.29) is 5.75 Å².